The minimum atomic E-state index is -0.101. The van der Waals surface area contributed by atoms with E-state index in [9.17, 15) is 4.79 Å². The fourth-order valence-electron chi connectivity index (χ4n) is 2.14. The molecule has 1 aromatic carbocycles. The Labute approximate surface area is 108 Å². The first-order chi connectivity index (χ1) is 9.22. The summed E-state index contributed by atoms with van der Waals surface area (Å²) in [6.07, 6.45) is 3.20. The number of nitrogens with one attached hydrogen (secondary N) is 1. The highest BCUT2D eigenvalue weighted by molar-refractivity contribution is 5.85. The van der Waals surface area contributed by atoms with E-state index in [1.165, 1.54) is 6.07 Å². The average Bonchev–Trinajstić information content (AvgIpc) is 2.77. The van der Waals surface area contributed by atoms with Gasteiger partial charge in [-0.3, -0.25) is 4.79 Å². The second-order valence-corrected chi connectivity index (χ2v) is 4.20. The number of benzene rings is 1. The molecular weight excluding hydrogens is 240 g/mol. The lowest BCUT2D eigenvalue weighted by Crippen LogP contribution is -2.06. The molecule has 92 valence electrons. The van der Waals surface area contributed by atoms with E-state index in [0.717, 1.165) is 5.52 Å². The van der Waals surface area contributed by atoms with Gasteiger partial charge >= 0.3 is 0 Å². The number of fused-ring (bicyclic) bond motifs is 1. The van der Waals surface area contributed by atoms with Crippen LogP contribution in [0, 0.1) is 11.3 Å². The predicted octanol–water partition coefficient (Wildman–Crippen LogP) is 1.80. The number of aromatic amines is 1. The topological polar surface area (TPSA) is 74.5 Å². The Morgan fingerprint density at radius 2 is 2.21 bits per heavy atom. The summed E-state index contributed by atoms with van der Waals surface area (Å²) in [5, 5.41) is 9.09. The van der Waals surface area contributed by atoms with E-state index < -0.39 is 0 Å². The van der Waals surface area contributed by atoms with Crippen molar-refractivity contribution in [3.63, 3.8) is 0 Å². The molecule has 0 aliphatic rings. The van der Waals surface area contributed by atoms with Gasteiger partial charge in [-0.1, -0.05) is 6.07 Å². The summed E-state index contributed by atoms with van der Waals surface area (Å²) in [5.41, 5.74) is 2.34. The van der Waals surface area contributed by atoms with Gasteiger partial charge in [-0.15, -0.1) is 0 Å². The van der Waals surface area contributed by atoms with E-state index in [0.29, 0.717) is 22.5 Å². The quantitative estimate of drug-likeness (QED) is 0.715. The first-order valence-corrected chi connectivity index (χ1v) is 5.75. The molecule has 0 amide bonds. The smallest absolute Gasteiger partial charge is 0.192 e. The third kappa shape index (κ3) is 1.62. The van der Waals surface area contributed by atoms with Gasteiger partial charge in [-0.05, 0) is 12.1 Å². The highest BCUT2D eigenvalue weighted by Gasteiger charge is 2.14. The summed E-state index contributed by atoms with van der Waals surface area (Å²) in [5.74, 6) is 0.555. The van der Waals surface area contributed by atoms with Crippen molar-refractivity contribution >= 4 is 11.0 Å². The van der Waals surface area contributed by atoms with E-state index in [-0.39, 0.29) is 5.43 Å². The molecule has 1 N–H and O–H groups in total. The summed E-state index contributed by atoms with van der Waals surface area (Å²) < 4.78 is 1.82. The third-order valence-electron chi connectivity index (χ3n) is 3.10. The number of hydrogen-bond donors (Lipinski definition) is 1. The van der Waals surface area contributed by atoms with Gasteiger partial charge in [0.05, 0.1) is 16.6 Å². The maximum absolute atomic E-state index is 11.9. The van der Waals surface area contributed by atoms with Gasteiger partial charge in [-0.25, -0.2) is 4.98 Å². The number of nitrogens with zero attached hydrogens (tertiary/aromatic N) is 3. The van der Waals surface area contributed by atoms with Gasteiger partial charge < -0.3 is 9.55 Å². The number of H-pyrrole nitrogens is 1. The molecule has 0 bridgehead atoms. The molecule has 0 aliphatic carbocycles. The van der Waals surface area contributed by atoms with Crippen molar-refractivity contribution in [1.29, 1.82) is 5.26 Å². The lowest BCUT2D eigenvalue weighted by Gasteiger charge is -2.00. The molecule has 0 fully saturated rings. The number of aromatic nitrogens is 3. The highest BCUT2D eigenvalue weighted by atomic mass is 16.1. The number of imidazole rings is 1. The number of pyridine rings is 1. The Hall–Kier alpha value is -2.87. The van der Waals surface area contributed by atoms with E-state index in [2.05, 4.69) is 16.0 Å². The molecule has 5 heteroatoms. The van der Waals surface area contributed by atoms with Gasteiger partial charge in [0.25, 0.3) is 0 Å². The maximum Gasteiger partial charge on any atom is 0.192 e. The summed E-state index contributed by atoms with van der Waals surface area (Å²) in [7, 11) is 1.83. The zero-order valence-corrected chi connectivity index (χ0v) is 10.2. The van der Waals surface area contributed by atoms with Crippen LogP contribution >= 0.6 is 0 Å². The fourth-order valence-corrected chi connectivity index (χ4v) is 2.14. The van der Waals surface area contributed by atoms with Gasteiger partial charge in [0.2, 0.25) is 0 Å². The fraction of sp³-hybridized carbons (Fsp3) is 0.0714. The number of rotatable bonds is 1. The first-order valence-electron chi connectivity index (χ1n) is 5.75. The molecule has 3 rings (SSSR count). The third-order valence-corrected chi connectivity index (χ3v) is 3.10. The Morgan fingerprint density at radius 3 is 2.95 bits per heavy atom. The Balaban J connectivity index is 2.39. The van der Waals surface area contributed by atoms with Crippen LogP contribution in [0.2, 0.25) is 0 Å². The maximum atomic E-state index is 11.9. The molecule has 19 heavy (non-hydrogen) atoms. The molecule has 0 atom stereocenters. The standard InChI is InChI=1S/C14H10N4O/c1-18-11-4-2-3-9(7-15)13(11)17-14(18)10-8-16-6-5-12(10)19/h2-6,8H,1H3,(H,16,19). The number of para-hydroxylation sites is 1. The SMILES string of the molecule is Cn1c(-c2c[nH]ccc2=O)nc2c(C#N)cccc21. The first kappa shape index (κ1) is 11.2. The summed E-state index contributed by atoms with van der Waals surface area (Å²) in [6.45, 7) is 0. The number of hydrogen-bond acceptors (Lipinski definition) is 3. The van der Waals surface area contributed by atoms with Crippen LogP contribution in [-0.4, -0.2) is 14.5 Å². The van der Waals surface area contributed by atoms with Crippen LogP contribution in [0.15, 0.2) is 41.5 Å². The predicted molar refractivity (Wildman–Crippen MR) is 71.5 cm³/mol. The summed E-state index contributed by atoms with van der Waals surface area (Å²) >= 11 is 0. The molecule has 0 saturated heterocycles. The number of aryl methyl sites for hydroxylation is 1. The molecule has 0 aliphatic heterocycles. The van der Waals surface area contributed by atoms with Crippen LogP contribution in [0.4, 0.5) is 0 Å². The lowest BCUT2D eigenvalue weighted by molar-refractivity contribution is 0.955. The minimum Gasteiger partial charge on any atom is -0.367 e. The summed E-state index contributed by atoms with van der Waals surface area (Å²) in [4.78, 5) is 19.2. The lowest BCUT2D eigenvalue weighted by atomic mass is 10.2. The molecule has 0 unspecified atom stereocenters. The Morgan fingerprint density at radius 1 is 1.37 bits per heavy atom. The van der Waals surface area contributed by atoms with Crippen molar-refractivity contribution in [2.45, 2.75) is 0 Å². The minimum absolute atomic E-state index is 0.101. The van der Waals surface area contributed by atoms with Crippen LogP contribution in [0.5, 0.6) is 0 Å². The van der Waals surface area contributed by atoms with E-state index in [4.69, 9.17) is 5.26 Å². The van der Waals surface area contributed by atoms with Gasteiger partial charge in [0.1, 0.15) is 17.4 Å². The Bertz CT molecular complexity index is 867. The molecule has 5 nitrogen and oxygen atoms in total. The second kappa shape index (κ2) is 4.10. The largest absolute Gasteiger partial charge is 0.367 e. The molecule has 0 saturated carbocycles. The van der Waals surface area contributed by atoms with Crippen molar-refractivity contribution < 1.29 is 0 Å². The normalized spacial score (nSPS) is 10.5. The highest BCUT2D eigenvalue weighted by Crippen LogP contribution is 2.23. The average molecular weight is 250 g/mol. The van der Waals surface area contributed by atoms with Crippen LogP contribution in [0.3, 0.4) is 0 Å². The van der Waals surface area contributed by atoms with Crippen LogP contribution in [-0.2, 0) is 7.05 Å². The molecule has 0 spiro atoms. The summed E-state index contributed by atoms with van der Waals surface area (Å²) in [6, 6.07) is 8.98. The Kier molecular flexibility index (Phi) is 2.43. The van der Waals surface area contributed by atoms with Crippen molar-refractivity contribution in [3.8, 4) is 17.5 Å². The second-order valence-electron chi connectivity index (χ2n) is 4.20. The van der Waals surface area contributed by atoms with E-state index in [1.54, 1.807) is 18.5 Å². The molecule has 3 aromatic rings. The van der Waals surface area contributed by atoms with Crippen LogP contribution < -0.4 is 5.43 Å². The van der Waals surface area contributed by atoms with Gasteiger partial charge in [-0.2, -0.15) is 5.26 Å². The molecule has 0 radical (unpaired) electrons. The van der Waals surface area contributed by atoms with E-state index in [1.807, 2.05) is 23.7 Å². The van der Waals surface area contributed by atoms with Crippen LogP contribution in [0.1, 0.15) is 5.56 Å². The monoisotopic (exact) mass is 250 g/mol. The zero-order valence-electron chi connectivity index (χ0n) is 10.2. The molecule has 2 aromatic heterocycles. The van der Waals surface area contributed by atoms with Crippen molar-refractivity contribution in [2.24, 2.45) is 7.05 Å². The molecular formula is C14H10N4O. The zero-order chi connectivity index (χ0) is 13.4. The van der Waals surface area contributed by atoms with Crippen molar-refractivity contribution in [2.75, 3.05) is 0 Å². The van der Waals surface area contributed by atoms with Gasteiger partial charge in [0.15, 0.2) is 5.43 Å². The van der Waals surface area contributed by atoms with Gasteiger partial charge in [0, 0.05) is 25.5 Å². The van der Waals surface area contributed by atoms with Crippen LogP contribution in [0.25, 0.3) is 22.4 Å². The van der Waals surface area contributed by atoms with Crippen molar-refractivity contribution in [3.05, 3.63) is 52.4 Å². The molecule has 2 heterocycles. The van der Waals surface area contributed by atoms with E-state index >= 15 is 0 Å². The number of nitriles is 1. The van der Waals surface area contributed by atoms with Crippen molar-refractivity contribution in [1.82, 2.24) is 14.5 Å².